The maximum absolute atomic E-state index is 12.7. The number of nitrogens with zero attached hydrogens (tertiary/aromatic N) is 4. The van der Waals surface area contributed by atoms with Crippen LogP contribution >= 0.6 is 23.1 Å². The van der Waals surface area contributed by atoms with Gasteiger partial charge in [0.2, 0.25) is 15.2 Å². The number of hydrogen-bond donors (Lipinski definition) is 1. The molecule has 10 heteroatoms. The minimum atomic E-state index is -3.51. The monoisotopic (exact) mass is 533 g/mol. The van der Waals surface area contributed by atoms with Gasteiger partial charge in [0, 0.05) is 62.2 Å². The maximum atomic E-state index is 12.7. The fourth-order valence-electron chi connectivity index (χ4n) is 3.95. The SMILES string of the molecule is CC(C)(C)c1ccc(S(=O)(=O)NCCN2CCN(c3nc(Cc4ccc(Cl)cc4)ns3)CC2)cc1. The van der Waals surface area contributed by atoms with Crippen LogP contribution in [0.4, 0.5) is 5.13 Å². The Bertz CT molecular complexity index is 1210. The molecule has 0 saturated carbocycles. The lowest BCUT2D eigenvalue weighted by molar-refractivity contribution is 0.262. The molecule has 1 saturated heterocycles. The van der Waals surface area contributed by atoms with Crippen molar-refractivity contribution in [3.8, 4) is 0 Å². The Morgan fingerprint density at radius 1 is 1.00 bits per heavy atom. The van der Waals surface area contributed by atoms with Gasteiger partial charge in [0.15, 0.2) is 0 Å². The fraction of sp³-hybridized carbons (Fsp3) is 0.440. The molecule has 4 rings (SSSR count). The lowest BCUT2D eigenvalue weighted by Gasteiger charge is -2.34. The molecule has 0 spiro atoms. The van der Waals surface area contributed by atoms with E-state index in [1.54, 1.807) is 12.1 Å². The number of halogens is 1. The van der Waals surface area contributed by atoms with Crippen molar-refractivity contribution in [1.29, 1.82) is 0 Å². The zero-order valence-electron chi connectivity index (χ0n) is 20.4. The smallest absolute Gasteiger partial charge is 0.240 e. The lowest BCUT2D eigenvalue weighted by atomic mass is 9.87. The second-order valence-electron chi connectivity index (χ2n) is 9.80. The normalized spacial score (nSPS) is 15.5. The van der Waals surface area contributed by atoms with E-state index in [0.29, 0.717) is 24.4 Å². The Balaban J connectivity index is 1.22. The first-order valence-electron chi connectivity index (χ1n) is 11.7. The van der Waals surface area contributed by atoms with E-state index in [1.807, 2.05) is 36.4 Å². The molecule has 0 unspecified atom stereocenters. The zero-order chi connectivity index (χ0) is 25.1. The predicted molar refractivity (Wildman–Crippen MR) is 143 cm³/mol. The molecule has 1 fully saturated rings. The topological polar surface area (TPSA) is 78.4 Å². The van der Waals surface area contributed by atoms with Crippen molar-refractivity contribution in [2.75, 3.05) is 44.2 Å². The van der Waals surface area contributed by atoms with Gasteiger partial charge >= 0.3 is 0 Å². The first kappa shape index (κ1) is 26.0. The van der Waals surface area contributed by atoms with Crippen LogP contribution in [0, 0.1) is 0 Å². The molecule has 1 aliphatic rings. The molecular weight excluding hydrogens is 502 g/mol. The third-order valence-electron chi connectivity index (χ3n) is 6.13. The third kappa shape index (κ3) is 7.01. The van der Waals surface area contributed by atoms with Crippen LogP contribution in [0.5, 0.6) is 0 Å². The van der Waals surface area contributed by atoms with Gasteiger partial charge in [0.05, 0.1) is 4.90 Å². The van der Waals surface area contributed by atoms with Crippen molar-refractivity contribution in [3.63, 3.8) is 0 Å². The average molecular weight is 534 g/mol. The van der Waals surface area contributed by atoms with Crippen LogP contribution in [-0.4, -0.2) is 61.9 Å². The van der Waals surface area contributed by atoms with E-state index in [1.165, 1.54) is 11.5 Å². The van der Waals surface area contributed by atoms with Crippen molar-refractivity contribution < 1.29 is 8.42 Å². The summed E-state index contributed by atoms with van der Waals surface area (Å²) in [4.78, 5) is 9.55. The van der Waals surface area contributed by atoms with Crippen LogP contribution in [0.1, 0.15) is 37.7 Å². The zero-order valence-corrected chi connectivity index (χ0v) is 22.8. The van der Waals surface area contributed by atoms with Crippen LogP contribution in [0.3, 0.4) is 0 Å². The van der Waals surface area contributed by atoms with E-state index in [9.17, 15) is 8.42 Å². The molecule has 0 bridgehead atoms. The maximum Gasteiger partial charge on any atom is 0.240 e. The number of piperazine rings is 1. The Hall–Kier alpha value is -2.04. The molecule has 3 aromatic rings. The molecule has 188 valence electrons. The summed E-state index contributed by atoms with van der Waals surface area (Å²) in [6.45, 7) is 10.8. The van der Waals surface area contributed by atoms with Gasteiger partial charge in [-0.25, -0.2) is 18.1 Å². The van der Waals surface area contributed by atoms with E-state index >= 15 is 0 Å². The molecule has 0 aliphatic carbocycles. The lowest BCUT2D eigenvalue weighted by Crippen LogP contribution is -2.48. The average Bonchev–Trinajstić information content (AvgIpc) is 3.29. The van der Waals surface area contributed by atoms with Gasteiger partial charge in [0.25, 0.3) is 0 Å². The van der Waals surface area contributed by atoms with Crippen molar-refractivity contribution in [3.05, 3.63) is 70.5 Å². The van der Waals surface area contributed by atoms with Gasteiger partial charge in [-0.05, 0) is 40.8 Å². The highest BCUT2D eigenvalue weighted by Crippen LogP contribution is 2.24. The van der Waals surface area contributed by atoms with Gasteiger partial charge < -0.3 is 4.90 Å². The number of rotatable bonds is 8. The number of anilines is 1. The first-order chi connectivity index (χ1) is 16.6. The summed E-state index contributed by atoms with van der Waals surface area (Å²) in [6.07, 6.45) is 0.687. The standard InChI is InChI=1S/C25H32ClN5O2S2/c1-25(2,3)20-6-10-22(11-7-20)35(32,33)27-12-13-30-14-16-31(17-15-30)24-28-23(29-34-24)18-19-4-8-21(26)9-5-19/h4-11,27H,12-18H2,1-3H3. The summed E-state index contributed by atoms with van der Waals surface area (Å²) in [7, 11) is -3.51. The molecule has 0 atom stereocenters. The predicted octanol–water partition coefficient (Wildman–Crippen LogP) is 4.18. The third-order valence-corrected chi connectivity index (χ3v) is 8.67. The molecule has 2 heterocycles. The highest BCUT2D eigenvalue weighted by molar-refractivity contribution is 7.89. The molecule has 2 aromatic carbocycles. The van der Waals surface area contributed by atoms with E-state index < -0.39 is 10.0 Å². The summed E-state index contributed by atoms with van der Waals surface area (Å²) in [5, 5.41) is 1.66. The molecule has 1 aliphatic heterocycles. The van der Waals surface area contributed by atoms with E-state index in [4.69, 9.17) is 16.6 Å². The quantitative estimate of drug-likeness (QED) is 0.468. The Labute approximate surface area is 217 Å². The van der Waals surface area contributed by atoms with Gasteiger partial charge in [-0.15, -0.1) is 0 Å². The molecule has 1 aromatic heterocycles. The Morgan fingerprint density at radius 2 is 1.66 bits per heavy atom. The molecule has 35 heavy (non-hydrogen) atoms. The molecule has 0 amide bonds. The molecule has 0 radical (unpaired) electrons. The Kier molecular flexibility index (Phi) is 8.12. The van der Waals surface area contributed by atoms with E-state index in [-0.39, 0.29) is 5.41 Å². The van der Waals surface area contributed by atoms with Crippen LogP contribution in [0.15, 0.2) is 53.4 Å². The summed E-state index contributed by atoms with van der Waals surface area (Å²) < 4.78 is 32.6. The fourth-order valence-corrected chi connectivity index (χ4v) is 5.83. The van der Waals surface area contributed by atoms with E-state index in [0.717, 1.165) is 53.3 Å². The number of hydrogen-bond acceptors (Lipinski definition) is 7. The second kappa shape index (κ2) is 10.9. The molecular formula is C25H32ClN5O2S2. The summed E-state index contributed by atoms with van der Waals surface area (Å²) >= 11 is 7.39. The van der Waals surface area contributed by atoms with E-state index in [2.05, 4.69) is 39.7 Å². The first-order valence-corrected chi connectivity index (χ1v) is 14.4. The summed E-state index contributed by atoms with van der Waals surface area (Å²) in [6, 6.07) is 14.9. The van der Waals surface area contributed by atoms with Crippen LogP contribution in [-0.2, 0) is 21.9 Å². The summed E-state index contributed by atoms with van der Waals surface area (Å²) in [5.74, 6) is 0.819. The highest BCUT2D eigenvalue weighted by Gasteiger charge is 2.21. The van der Waals surface area contributed by atoms with Gasteiger partial charge in [0.1, 0.15) is 5.82 Å². The number of sulfonamides is 1. The van der Waals surface area contributed by atoms with Crippen LogP contribution in [0.25, 0.3) is 0 Å². The molecule has 1 N–H and O–H groups in total. The second-order valence-corrected chi connectivity index (χ2v) is 12.7. The number of nitrogens with one attached hydrogen (secondary N) is 1. The van der Waals surface area contributed by atoms with Crippen molar-refractivity contribution >= 4 is 38.3 Å². The highest BCUT2D eigenvalue weighted by atomic mass is 35.5. The number of aromatic nitrogens is 2. The van der Waals surface area contributed by atoms with Crippen molar-refractivity contribution in [1.82, 2.24) is 19.0 Å². The number of benzene rings is 2. The Morgan fingerprint density at radius 3 is 2.29 bits per heavy atom. The van der Waals surface area contributed by atoms with Gasteiger partial charge in [-0.3, -0.25) is 4.90 Å². The largest absolute Gasteiger partial charge is 0.344 e. The van der Waals surface area contributed by atoms with Crippen molar-refractivity contribution in [2.24, 2.45) is 0 Å². The van der Waals surface area contributed by atoms with Crippen LogP contribution < -0.4 is 9.62 Å². The van der Waals surface area contributed by atoms with Crippen molar-refractivity contribution in [2.45, 2.75) is 37.5 Å². The minimum absolute atomic E-state index is 0.00910. The van der Waals surface area contributed by atoms with Crippen LogP contribution in [0.2, 0.25) is 5.02 Å². The summed E-state index contributed by atoms with van der Waals surface area (Å²) in [5.41, 5.74) is 2.24. The van der Waals surface area contributed by atoms with Gasteiger partial charge in [-0.2, -0.15) is 4.37 Å². The molecule has 7 nitrogen and oxygen atoms in total. The van der Waals surface area contributed by atoms with Gasteiger partial charge in [-0.1, -0.05) is 56.6 Å². The minimum Gasteiger partial charge on any atom is -0.344 e.